The molecular weight excluding hydrogens is 418 g/mol. The van der Waals surface area contributed by atoms with Gasteiger partial charge in [0, 0.05) is 43.8 Å². The predicted molar refractivity (Wildman–Crippen MR) is 131 cm³/mol. The first-order valence-electron chi connectivity index (χ1n) is 12.1. The molecule has 0 saturated carbocycles. The van der Waals surface area contributed by atoms with Crippen LogP contribution in [0.4, 0.5) is 11.5 Å². The van der Waals surface area contributed by atoms with Gasteiger partial charge in [-0.05, 0) is 64.1 Å². The van der Waals surface area contributed by atoms with E-state index in [-0.39, 0.29) is 0 Å². The Balaban J connectivity index is 1.49. The molecule has 0 unspecified atom stereocenters. The number of hydrogen-bond acceptors (Lipinski definition) is 8. The summed E-state index contributed by atoms with van der Waals surface area (Å²) in [5, 5.41) is 3.60. The number of nitrogens with two attached hydrogens (primary N) is 1. The maximum absolute atomic E-state index is 6.39. The van der Waals surface area contributed by atoms with Crippen LogP contribution in [-0.2, 0) is 4.74 Å². The lowest BCUT2D eigenvalue weighted by Gasteiger charge is -2.24. The van der Waals surface area contributed by atoms with Crippen LogP contribution in [0.3, 0.4) is 0 Å². The van der Waals surface area contributed by atoms with Crippen molar-refractivity contribution in [1.82, 2.24) is 14.9 Å². The van der Waals surface area contributed by atoms with Crippen molar-refractivity contribution in [2.24, 2.45) is 5.92 Å². The van der Waals surface area contributed by atoms with E-state index in [1.165, 1.54) is 25.9 Å². The van der Waals surface area contributed by atoms with Gasteiger partial charge in [-0.3, -0.25) is 4.98 Å². The summed E-state index contributed by atoms with van der Waals surface area (Å²) in [6.45, 7) is 8.58. The molecule has 8 heteroatoms. The quantitative estimate of drug-likeness (QED) is 0.523. The van der Waals surface area contributed by atoms with E-state index in [4.69, 9.17) is 19.9 Å². The van der Waals surface area contributed by atoms with Gasteiger partial charge in [0.15, 0.2) is 11.5 Å². The SMILES string of the molecule is COc1cnc(-c2c(NCC3CCOCC3)cc(C)nc2N)cc1OCCCN1CCCC1. The Bertz CT molecular complexity index is 911. The summed E-state index contributed by atoms with van der Waals surface area (Å²) in [6, 6.07) is 3.95. The molecule has 33 heavy (non-hydrogen) atoms. The molecule has 0 radical (unpaired) electrons. The zero-order valence-electron chi connectivity index (χ0n) is 19.9. The molecule has 4 rings (SSSR count). The van der Waals surface area contributed by atoms with Gasteiger partial charge >= 0.3 is 0 Å². The number of likely N-dealkylation sites (tertiary alicyclic amines) is 1. The van der Waals surface area contributed by atoms with E-state index in [2.05, 4.69) is 20.2 Å². The number of nitrogens with zero attached hydrogens (tertiary/aromatic N) is 3. The van der Waals surface area contributed by atoms with E-state index in [1.54, 1.807) is 13.3 Å². The van der Waals surface area contributed by atoms with Gasteiger partial charge in [-0.2, -0.15) is 0 Å². The number of anilines is 2. The highest BCUT2D eigenvalue weighted by molar-refractivity contribution is 5.85. The number of aromatic nitrogens is 2. The van der Waals surface area contributed by atoms with Gasteiger partial charge in [-0.25, -0.2) is 4.98 Å². The van der Waals surface area contributed by atoms with Crippen LogP contribution in [0.5, 0.6) is 11.5 Å². The summed E-state index contributed by atoms with van der Waals surface area (Å²) in [5.41, 5.74) is 9.74. The number of nitrogen functional groups attached to an aromatic ring is 1. The molecule has 180 valence electrons. The molecule has 2 fully saturated rings. The normalized spacial score (nSPS) is 17.3. The van der Waals surface area contributed by atoms with Crippen molar-refractivity contribution in [3.8, 4) is 22.8 Å². The number of hydrogen-bond donors (Lipinski definition) is 2. The Hall–Kier alpha value is -2.58. The Morgan fingerprint density at radius 2 is 1.97 bits per heavy atom. The van der Waals surface area contributed by atoms with Crippen LogP contribution >= 0.6 is 0 Å². The number of pyridine rings is 2. The zero-order chi connectivity index (χ0) is 23.0. The average molecular weight is 456 g/mol. The average Bonchev–Trinajstić information content (AvgIpc) is 3.34. The van der Waals surface area contributed by atoms with Gasteiger partial charge in [0.1, 0.15) is 5.82 Å². The van der Waals surface area contributed by atoms with Crippen molar-refractivity contribution in [1.29, 1.82) is 0 Å². The van der Waals surface area contributed by atoms with Crippen molar-refractivity contribution in [2.75, 3.05) is 64.2 Å². The standard InChI is InChI=1S/C25H37N5O3/c1-18-14-20(27-16-19-6-12-32-13-7-19)24(25(26)29-18)21-15-22(23(31-2)17-28-21)33-11-5-10-30-8-3-4-9-30/h14-15,17,19H,3-13,16H2,1-2H3,(H3,26,27,29). The summed E-state index contributed by atoms with van der Waals surface area (Å²) in [5.74, 6) is 2.34. The summed E-state index contributed by atoms with van der Waals surface area (Å²) < 4.78 is 17.1. The van der Waals surface area contributed by atoms with Gasteiger partial charge in [0.05, 0.1) is 31.2 Å². The van der Waals surface area contributed by atoms with Gasteiger partial charge in [0.2, 0.25) is 0 Å². The van der Waals surface area contributed by atoms with Gasteiger partial charge in [-0.15, -0.1) is 0 Å². The monoisotopic (exact) mass is 455 g/mol. The Kier molecular flexibility index (Phi) is 8.23. The topological polar surface area (TPSA) is 94.8 Å². The van der Waals surface area contributed by atoms with Crippen LogP contribution in [0.25, 0.3) is 11.3 Å². The number of nitrogens with one attached hydrogen (secondary N) is 1. The van der Waals surface area contributed by atoms with Gasteiger partial charge < -0.3 is 30.2 Å². The van der Waals surface area contributed by atoms with Crippen LogP contribution in [0.1, 0.15) is 37.8 Å². The molecular formula is C25H37N5O3. The summed E-state index contributed by atoms with van der Waals surface area (Å²) in [7, 11) is 1.64. The molecule has 0 spiro atoms. The van der Waals surface area contributed by atoms with Crippen molar-refractivity contribution in [3.05, 3.63) is 24.0 Å². The van der Waals surface area contributed by atoms with Crippen LogP contribution in [-0.4, -0.2) is 68.0 Å². The number of methoxy groups -OCH3 is 1. The Labute approximate surface area is 196 Å². The van der Waals surface area contributed by atoms with Crippen molar-refractivity contribution < 1.29 is 14.2 Å². The van der Waals surface area contributed by atoms with Gasteiger partial charge in [0.25, 0.3) is 0 Å². The molecule has 2 saturated heterocycles. The maximum atomic E-state index is 6.39. The van der Waals surface area contributed by atoms with E-state index in [0.29, 0.717) is 29.8 Å². The molecule has 3 N–H and O–H groups in total. The summed E-state index contributed by atoms with van der Waals surface area (Å²) in [6.07, 6.45) is 7.42. The summed E-state index contributed by atoms with van der Waals surface area (Å²) in [4.78, 5) is 11.6. The van der Waals surface area contributed by atoms with Gasteiger partial charge in [-0.1, -0.05) is 0 Å². The lowest BCUT2D eigenvalue weighted by Crippen LogP contribution is -2.23. The second-order valence-electron chi connectivity index (χ2n) is 8.98. The molecule has 0 bridgehead atoms. The highest BCUT2D eigenvalue weighted by Gasteiger charge is 2.19. The van der Waals surface area contributed by atoms with Crippen molar-refractivity contribution in [3.63, 3.8) is 0 Å². The maximum Gasteiger partial charge on any atom is 0.179 e. The minimum atomic E-state index is 0.460. The Morgan fingerprint density at radius 3 is 2.73 bits per heavy atom. The molecule has 0 amide bonds. The largest absolute Gasteiger partial charge is 0.491 e. The van der Waals surface area contributed by atoms with Crippen molar-refractivity contribution >= 4 is 11.5 Å². The second kappa shape index (κ2) is 11.5. The molecule has 4 heterocycles. The first-order chi connectivity index (χ1) is 16.1. The number of ether oxygens (including phenoxy) is 3. The van der Waals surface area contributed by atoms with E-state index in [0.717, 1.165) is 68.2 Å². The third-order valence-corrected chi connectivity index (χ3v) is 6.48. The van der Waals surface area contributed by atoms with E-state index >= 15 is 0 Å². The third-order valence-electron chi connectivity index (χ3n) is 6.48. The van der Waals surface area contributed by atoms with Crippen LogP contribution in [0.2, 0.25) is 0 Å². The first kappa shape index (κ1) is 23.6. The first-order valence-corrected chi connectivity index (χ1v) is 12.1. The molecule has 8 nitrogen and oxygen atoms in total. The van der Waals surface area contributed by atoms with Crippen LogP contribution < -0.4 is 20.5 Å². The molecule has 2 aliphatic rings. The highest BCUT2D eigenvalue weighted by atomic mass is 16.5. The number of aryl methyl sites for hydroxylation is 1. The number of rotatable bonds is 10. The van der Waals surface area contributed by atoms with E-state index in [1.807, 2.05) is 19.1 Å². The minimum absolute atomic E-state index is 0.460. The highest BCUT2D eigenvalue weighted by Crippen LogP contribution is 2.37. The van der Waals surface area contributed by atoms with Crippen molar-refractivity contribution in [2.45, 2.75) is 39.0 Å². The fourth-order valence-electron chi connectivity index (χ4n) is 4.61. The van der Waals surface area contributed by atoms with E-state index in [9.17, 15) is 0 Å². The van der Waals surface area contributed by atoms with E-state index < -0.39 is 0 Å². The molecule has 0 atom stereocenters. The molecule has 0 aliphatic carbocycles. The zero-order valence-corrected chi connectivity index (χ0v) is 19.9. The fourth-order valence-corrected chi connectivity index (χ4v) is 4.61. The lowest BCUT2D eigenvalue weighted by molar-refractivity contribution is 0.0699. The molecule has 2 aliphatic heterocycles. The van der Waals surface area contributed by atoms with Crippen LogP contribution in [0.15, 0.2) is 18.3 Å². The smallest absolute Gasteiger partial charge is 0.179 e. The lowest BCUT2D eigenvalue weighted by atomic mass is 10.00. The Morgan fingerprint density at radius 1 is 1.18 bits per heavy atom. The minimum Gasteiger partial charge on any atom is -0.491 e. The van der Waals surface area contributed by atoms with Crippen LogP contribution in [0, 0.1) is 12.8 Å². The molecule has 0 aromatic carbocycles. The predicted octanol–water partition coefficient (Wildman–Crippen LogP) is 3.75. The molecule has 2 aromatic rings. The second-order valence-corrected chi connectivity index (χ2v) is 8.98. The third kappa shape index (κ3) is 6.26. The summed E-state index contributed by atoms with van der Waals surface area (Å²) >= 11 is 0. The fraction of sp³-hybridized carbons (Fsp3) is 0.600. The molecule has 2 aromatic heterocycles.